The molecular weight excluding hydrogens is 356 g/mol. The minimum atomic E-state index is -0.535. The third-order valence-corrected chi connectivity index (χ3v) is 8.36. The van der Waals surface area contributed by atoms with Crippen molar-refractivity contribution < 1.29 is 10.2 Å². The van der Waals surface area contributed by atoms with Crippen molar-refractivity contribution in [1.82, 2.24) is 0 Å². The van der Waals surface area contributed by atoms with Crippen LogP contribution in [0.15, 0.2) is 35.5 Å². The number of hydrogen-bond acceptors (Lipinski definition) is 2. The van der Waals surface area contributed by atoms with Crippen molar-refractivity contribution in [2.24, 2.45) is 23.2 Å². The molecule has 29 heavy (non-hydrogen) atoms. The van der Waals surface area contributed by atoms with Crippen LogP contribution in [0.1, 0.15) is 98.3 Å². The van der Waals surface area contributed by atoms with E-state index < -0.39 is 5.60 Å². The lowest BCUT2D eigenvalue weighted by Gasteiger charge is -2.44. The Morgan fingerprint density at radius 1 is 1.21 bits per heavy atom. The van der Waals surface area contributed by atoms with Crippen LogP contribution in [0.25, 0.3) is 0 Å². The molecule has 0 heterocycles. The smallest absolute Gasteiger partial charge is 0.0591 e. The largest absolute Gasteiger partial charge is 0.393 e. The summed E-state index contributed by atoms with van der Waals surface area (Å²) in [4.78, 5) is 0. The van der Waals surface area contributed by atoms with Gasteiger partial charge in [-0.25, -0.2) is 0 Å². The van der Waals surface area contributed by atoms with Crippen LogP contribution in [-0.2, 0) is 0 Å². The van der Waals surface area contributed by atoms with E-state index in [2.05, 4.69) is 32.6 Å². The van der Waals surface area contributed by atoms with Gasteiger partial charge in [0.15, 0.2) is 0 Å². The molecule has 0 aromatic heterocycles. The van der Waals surface area contributed by atoms with Crippen molar-refractivity contribution in [2.75, 3.05) is 0 Å². The van der Waals surface area contributed by atoms with E-state index in [1.54, 1.807) is 5.57 Å². The topological polar surface area (TPSA) is 40.5 Å². The predicted octanol–water partition coefficient (Wildman–Crippen LogP) is 6.73. The monoisotopic (exact) mass is 400 g/mol. The van der Waals surface area contributed by atoms with Gasteiger partial charge in [-0.1, -0.05) is 56.6 Å². The Kier molecular flexibility index (Phi) is 7.16. The molecule has 3 fully saturated rings. The normalized spacial score (nSPS) is 37.2. The SMILES string of the molecule is C=C1CC[C@H](O)C/C1=C/C=C1/CCC[C@]2(C)[C@@H]([C@@H](C)CCCC(C)(C)O)CC[C@@H]12. The van der Waals surface area contributed by atoms with E-state index in [0.29, 0.717) is 5.41 Å². The zero-order valence-corrected chi connectivity index (χ0v) is 19.3. The van der Waals surface area contributed by atoms with E-state index >= 15 is 0 Å². The van der Waals surface area contributed by atoms with Gasteiger partial charge in [-0.15, -0.1) is 0 Å². The molecule has 2 N–H and O–H groups in total. The maximum atomic E-state index is 10.0. The van der Waals surface area contributed by atoms with Crippen molar-refractivity contribution >= 4 is 0 Å². The highest BCUT2D eigenvalue weighted by Crippen LogP contribution is 2.60. The summed E-state index contributed by atoms with van der Waals surface area (Å²) in [5, 5.41) is 20.1. The first-order chi connectivity index (χ1) is 13.6. The fourth-order valence-electron chi connectivity index (χ4n) is 6.67. The Bertz CT molecular complexity index is 650. The molecule has 0 spiro atoms. The molecule has 3 saturated carbocycles. The molecule has 0 bridgehead atoms. The average Bonchev–Trinajstić information content (AvgIpc) is 2.99. The van der Waals surface area contributed by atoms with E-state index in [-0.39, 0.29) is 6.10 Å². The van der Waals surface area contributed by atoms with Gasteiger partial charge in [0.2, 0.25) is 0 Å². The van der Waals surface area contributed by atoms with Gasteiger partial charge in [0.25, 0.3) is 0 Å². The fourth-order valence-corrected chi connectivity index (χ4v) is 6.67. The van der Waals surface area contributed by atoms with Crippen molar-refractivity contribution in [3.63, 3.8) is 0 Å². The van der Waals surface area contributed by atoms with Crippen LogP contribution in [-0.4, -0.2) is 21.9 Å². The predicted molar refractivity (Wildman–Crippen MR) is 123 cm³/mol. The van der Waals surface area contributed by atoms with Crippen LogP contribution in [0.3, 0.4) is 0 Å². The highest BCUT2D eigenvalue weighted by molar-refractivity contribution is 5.36. The maximum absolute atomic E-state index is 10.0. The first-order valence-electron chi connectivity index (χ1n) is 12.1. The number of fused-ring (bicyclic) bond motifs is 1. The third-order valence-electron chi connectivity index (χ3n) is 8.36. The number of aliphatic hydroxyl groups is 2. The summed E-state index contributed by atoms with van der Waals surface area (Å²) in [7, 11) is 0. The zero-order chi connectivity index (χ0) is 21.2. The quantitative estimate of drug-likeness (QED) is 0.518. The molecule has 0 aromatic rings. The van der Waals surface area contributed by atoms with Gasteiger partial charge in [-0.2, -0.15) is 0 Å². The van der Waals surface area contributed by atoms with E-state index in [0.717, 1.165) is 49.9 Å². The van der Waals surface area contributed by atoms with Gasteiger partial charge in [0.1, 0.15) is 0 Å². The molecule has 0 amide bonds. The van der Waals surface area contributed by atoms with E-state index in [4.69, 9.17) is 0 Å². The van der Waals surface area contributed by atoms with Gasteiger partial charge in [-0.05, 0) is 100 Å². The lowest BCUT2D eigenvalue weighted by molar-refractivity contribution is 0.0596. The van der Waals surface area contributed by atoms with Crippen molar-refractivity contribution in [3.8, 4) is 0 Å². The summed E-state index contributed by atoms with van der Waals surface area (Å²) in [5.41, 5.74) is 4.02. The van der Waals surface area contributed by atoms with Gasteiger partial charge < -0.3 is 10.2 Å². The Balaban J connectivity index is 1.68. The molecule has 0 aliphatic heterocycles. The maximum Gasteiger partial charge on any atom is 0.0591 e. The first kappa shape index (κ1) is 22.8. The summed E-state index contributed by atoms with van der Waals surface area (Å²) < 4.78 is 0. The molecule has 164 valence electrons. The van der Waals surface area contributed by atoms with Crippen LogP contribution >= 0.6 is 0 Å². The number of rotatable bonds is 6. The van der Waals surface area contributed by atoms with Gasteiger partial charge in [0.05, 0.1) is 11.7 Å². The summed E-state index contributed by atoms with van der Waals surface area (Å²) in [6.45, 7) is 13.1. The van der Waals surface area contributed by atoms with Gasteiger partial charge >= 0.3 is 0 Å². The molecule has 3 aliphatic rings. The van der Waals surface area contributed by atoms with Crippen LogP contribution in [0.4, 0.5) is 0 Å². The number of aliphatic hydroxyl groups excluding tert-OH is 1. The molecular formula is C27H44O2. The van der Waals surface area contributed by atoms with Crippen LogP contribution in [0.2, 0.25) is 0 Å². The second-order valence-corrected chi connectivity index (χ2v) is 11.2. The lowest BCUT2D eigenvalue weighted by Crippen LogP contribution is -2.36. The van der Waals surface area contributed by atoms with Crippen LogP contribution in [0.5, 0.6) is 0 Å². The summed E-state index contributed by atoms with van der Waals surface area (Å²) >= 11 is 0. The highest BCUT2D eigenvalue weighted by atomic mass is 16.3. The highest BCUT2D eigenvalue weighted by Gasteiger charge is 2.50. The average molecular weight is 401 g/mol. The van der Waals surface area contributed by atoms with E-state index in [9.17, 15) is 10.2 Å². The summed E-state index contributed by atoms with van der Waals surface area (Å²) in [5.74, 6) is 2.26. The van der Waals surface area contributed by atoms with Crippen LogP contribution in [0, 0.1) is 23.2 Å². The molecule has 3 rings (SSSR count). The molecule has 0 unspecified atom stereocenters. The van der Waals surface area contributed by atoms with E-state index in [1.165, 1.54) is 49.7 Å². The molecule has 3 aliphatic carbocycles. The van der Waals surface area contributed by atoms with Crippen molar-refractivity contribution in [1.29, 1.82) is 0 Å². The second-order valence-electron chi connectivity index (χ2n) is 11.2. The Morgan fingerprint density at radius 3 is 2.69 bits per heavy atom. The molecule has 5 atom stereocenters. The standard InChI is InChI=1S/C27H44O2/c1-19-10-13-23(28)18-22(19)12-11-21-9-7-17-27(5)24(14-15-25(21)27)20(2)8-6-16-26(3,4)29/h11-12,20,23-25,28-29H,1,6-10,13-18H2,2-5H3/b21-11-,22-12-/t20-,23-,24+,25-,27+/m0/s1. The second kappa shape index (κ2) is 9.10. The molecule has 2 heteroatoms. The van der Waals surface area contributed by atoms with E-state index in [1.807, 2.05) is 13.8 Å². The van der Waals surface area contributed by atoms with Crippen LogP contribution < -0.4 is 0 Å². The fraction of sp³-hybridized carbons (Fsp3) is 0.778. The summed E-state index contributed by atoms with van der Waals surface area (Å²) in [6.07, 6.45) is 16.9. The van der Waals surface area contributed by atoms with Crippen molar-refractivity contribution in [2.45, 2.75) is 110 Å². The Morgan fingerprint density at radius 2 is 1.97 bits per heavy atom. The number of hydrogen-bond donors (Lipinski definition) is 2. The number of allylic oxidation sites excluding steroid dienone is 4. The molecule has 2 nitrogen and oxygen atoms in total. The third kappa shape index (κ3) is 5.44. The lowest BCUT2D eigenvalue weighted by atomic mass is 9.60. The zero-order valence-electron chi connectivity index (χ0n) is 19.3. The Labute approximate surface area is 179 Å². The van der Waals surface area contributed by atoms with Crippen molar-refractivity contribution in [3.05, 3.63) is 35.5 Å². The van der Waals surface area contributed by atoms with Gasteiger partial charge in [-0.3, -0.25) is 0 Å². The molecule has 0 aromatic carbocycles. The molecule has 0 saturated heterocycles. The molecule has 0 radical (unpaired) electrons. The Hall–Kier alpha value is -0.860. The minimum Gasteiger partial charge on any atom is -0.393 e. The summed E-state index contributed by atoms with van der Waals surface area (Å²) in [6, 6.07) is 0. The van der Waals surface area contributed by atoms with Gasteiger partial charge in [0, 0.05) is 0 Å². The first-order valence-corrected chi connectivity index (χ1v) is 12.1. The minimum absolute atomic E-state index is 0.192.